The summed E-state index contributed by atoms with van der Waals surface area (Å²) in [6.07, 6.45) is 5.28. The van der Waals surface area contributed by atoms with Gasteiger partial charge in [0.1, 0.15) is 22.8 Å². The Kier molecular flexibility index (Phi) is 3.88. The average Bonchev–Trinajstić information content (AvgIpc) is 2.45. The molecule has 0 aliphatic rings. The molecule has 0 saturated heterocycles. The van der Waals surface area contributed by atoms with Gasteiger partial charge in [-0.25, -0.2) is 14.0 Å². The minimum Gasteiger partial charge on any atom is -0.478 e. The van der Waals surface area contributed by atoms with Gasteiger partial charge in [-0.3, -0.25) is 4.79 Å². The smallest absolute Gasteiger partial charge is 0.342 e. The van der Waals surface area contributed by atoms with Crippen LogP contribution in [0.5, 0.6) is 0 Å². The predicted octanol–water partition coefficient (Wildman–Crippen LogP) is 1.14. The SMILES string of the molecule is C#Cc1ccc(F)cc1-c1c(C(=O)O)c(N)[nH]c(=O)c1C(=O)O. The third-order valence-electron chi connectivity index (χ3n) is 3.08. The molecule has 0 saturated carbocycles. The Morgan fingerprint density at radius 2 is 1.83 bits per heavy atom. The van der Waals surface area contributed by atoms with Crippen molar-refractivity contribution in [1.29, 1.82) is 0 Å². The Balaban J connectivity index is 3.10. The van der Waals surface area contributed by atoms with Gasteiger partial charge in [0, 0.05) is 16.7 Å². The lowest BCUT2D eigenvalue weighted by Crippen LogP contribution is -2.24. The van der Waals surface area contributed by atoms with E-state index in [-0.39, 0.29) is 11.1 Å². The maximum atomic E-state index is 13.6. The van der Waals surface area contributed by atoms with E-state index in [0.29, 0.717) is 0 Å². The molecular weight excluding hydrogens is 307 g/mol. The molecule has 0 spiro atoms. The molecule has 2 rings (SSSR count). The lowest BCUT2D eigenvalue weighted by atomic mass is 9.92. The van der Waals surface area contributed by atoms with E-state index in [1.54, 1.807) is 0 Å². The summed E-state index contributed by atoms with van der Waals surface area (Å²) in [4.78, 5) is 36.7. The van der Waals surface area contributed by atoms with Gasteiger partial charge in [0.25, 0.3) is 5.56 Å². The number of hydrogen-bond donors (Lipinski definition) is 4. The second-order valence-corrected chi connectivity index (χ2v) is 4.44. The number of rotatable bonds is 3. The molecule has 23 heavy (non-hydrogen) atoms. The molecule has 5 N–H and O–H groups in total. The largest absolute Gasteiger partial charge is 0.478 e. The van der Waals surface area contributed by atoms with E-state index in [2.05, 4.69) is 5.92 Å². The molecule has 1 heterocycles. The molecule has 0 amide bonds. The minimum absolute atomic E-state index is 0.0152. The molecule has 1 aromatic heterocycles. The second-order valence-electron chi connectivity index (χ2n) is 4.44. The summed E-state index contributed by atoms with van der Waals surface area (Å²) >= 11 is 0. The predicted molar refractivity (Wildman–Crippen MR) is 78.7 cm³/mol. The van der Waals surface area contributed by atoms with Crippen molar-refractivity contribution in [1.82, 2.24) is 4.98 Å². The van der Waals surface area contributed by atoms with Crippen LogP contribution in [0.2, 0.25) is 0 Å². The number of terminal acetylenes is 1. The molecule has 0 aliphatic heterocycles. The summed E-state index contributed by atoms with van der Waals surface area (Å²) < 4.78 is 13.6. The van der Waals surface area contributed by atoms with Crippen LogP contribution in [0.15, 0.2) is 23.0 Å². The first kappa shape index (κ1) is 15.8. The number of nitrogens with two attached hydrogens (primary N) is 1. The molecule has 0 radical (unpaired) electrons. The number of hydrogen-bond acceptors (Lipinski definition) is 4. The molecule has 0 fully saturated rings. The number of nitrogen functional groups attached to an aromatic ring is 1. The molecule has 0 unspecified atom stereocenters. The van der Waals surface area contributed by atoms with E-state index < -0.39 is 45.8 Å². The number of anilines is 1. The molecule has 2 aromatic rings. The highest BCUT2D eigenvalue weighted by molar-refractivity contribution is 6.07. The maximum Gasteiger partial charge on any atom is 0.342 e. The van der Waals surface area contributed by atoms with Crippen molar-refractivity contribution in [3.8, 4) is 23.5 Å². The van der Waals surface area contributed by atoms with E-state index in [1.807, 2.05) is 4.98 Å². The summed E-state index contributed by atoms with van der Waals surface area (Å²) in [6.45, 7) is 0. The Hall–Kier alpha value is -3.60. The highest BCUT2D eigenvalue weighted by Crippen LogP contribution is 2.32. The van der Waals surface area contributed by atoms with Crippen molar-refractivity contribution < 1.29 is 24.2 Å². The molecule has 7 nitrogen and oxygen atoms in total. The Morgan fingerprint density at radius 3 is 2.35 bits per heavy atom. The van der Waals surface area contributed by atoms with Gasteiger partial charge in [0.15, 0.2) is 0 Å². The number of carboxylic acids is 2. The fourth-order valence-corrected chi connectivity index (χ4v) is 2.17. The zero-order chi connectivity index (χ0) is 17.3. The molecule has 0 bridgehead atoms. The van der Waals surface area contributed by atoms with E-state index in [0.717, 1.165) is 12.1 Å². The molecular formula is C15H9FN2O5. The van der Waals surface area contributed by atoms with Gasteiger partial charge in [-0.15, -0.1) is 6.42 Å². The molecule has 1 aromatic carbocycles. The van der Waals surface area contributed by atoms with Crippen LogP contribution in [-0.2, 0) is 0 Å². The van der Waals surface area contributed by atoms with Gasteiger partial charge in [-0.05, 0) is 18.2 Å². The lowest BCUT2D eigenvalue weighted by Gasteiger charge is -2.13. The number of carboxylic acid groups (broad SMARTS) is 2. The van der Waals surface area contributed by atoms with Crippen molar-refractivity contribution in [3.63, 3.8) is 0 Å². The number of aromatic carboxylic acids is 2. The Morgan fingerprint density at radius 1 is 1.22 bits per heavy atom. The minimum atomic E-state index is -1.70. The van der Waals surface area contributed by atoms with Crippen LogP contribution in [0.3, 0.4) is 0 Å². The molecule has 8 heteroatoms. The first-order valence-corrected chi connectivity index (χ1v) is 6.06. The monoisotopic (exact) mass is 316 g/mol. The quantitative estimate of drug-likeness (QED) is 0.627. The topological polar surface area (TPSA) is 133 Å². The van der Waals surface area contributed by atoms with E-state index >= 15 is 0 Å². The summed E-state index contributed by atoms with van der Waals surface area (Å²) in [5, 5.41) is 18.5. The summed E-state index contributed by atoms with van der Waals surface area (Å²) in [6, 6.07) is 3.04. The number of benzene rings is 1. The van der Waals surface area contributed by atoms with Gasteiger partial charge in [-0.1, -0.05) is 5.92 Å². The van der Waals surface area contributed by atoms with Crippen LogP contribution in [0.4, 0.5) is 10.2 Å². The Labute approximate surface area is 128 Å². The van der Waals surface area contributed by atoms with Crippen LogP contribution in [-0.4, -0.2) is 27.1 Å². The van der Waals surface area contributed by atoms with Gasteiger partial charge >= 0.3 is 11.9 Å². The molecule has 116 valence electrons. The van der Waals surface area contributed by atoms with Crippen LogP contribution in [0.1, 0.15) is 26.3 Å². The van der Waals surface area contributed by atoms with E-state index in [4.69, 9.17) is 12.2 Å². The van der Waals surface area contributed by atoms with Crippen LogP contribution >= 0.6 is 0 Å². The van der Waals surface area contributed by atoms with E-state index in [9.17, 15) is 29.0 Å². The zero-order valence-corrected chi connectivity index (χ0v) is 11.4. The highest BCUT2D eigenvalue weighted by Gasteiger charge is 2.27. The van der Waals surface area contributed by atoms with Crippen molar-refractivity contribution in [2.45, 2.75) is 0 Å². The molecule has 0 aliphatic carbocycles. The number of carbonyl (C=O) groups is 2. The third-order valence-corrected chi connectivity index (χ3v) is 3.08. The fourth-order valence-electron chi connectivity index (χ4n) is 2.17. The van der Waals surface area contributed by atoms with Crippen molar-refractivity contribution in [2.75, 3.05) is 5.73 Å². The van der Waals surface area contributed by atoms with Crippen LogP contribution in [0.25, 0.3) is 11.1 Å². The van der Waals surface area contributed by atoms with E-state index in [1.165, 1.54) is 6.07 Å². The zero-order valence-electron chi connectivity index (χ0n) is 11.4. The van der Waals surface area contributed by atoms with Gasteiger partial charge in [0.05, 0.1) is 0 Å². The highest BCUT2D eigenvalue weighted by atomic mass is 19.1. The van der Waals surface area contributed by atoms with Crippen molar-refractivity contribution >= 4 is 17.8 Å². The van der Waals surface area contributed by atoms with Gasteiger partial charge < -0.3 is 20.9 Å². The van der Waals surface area contributed by atoms with Crippen LogP contribution < -0.4 is 11.3 Å². The molecule has 0 atom stereocenters. The van der Waals surface area contributed by atoms with Crippen molar-refractivity contribution in [3.05, 3.63) is 51.1 Å². The number of aromatic amines is 1. The average molecular weight is 316 g/mol. The lowest BCUT2D eigenvalue weighted by molar-refractivity contribution is 0.0695. The normalized spacial score (nSPS) is 10.1. The van der Waals surface area contributed by atoms with Gasteiger partial charge in [0.2, 0.25) is 0 Å². The fraction of sp³-hybridized carbons (Fsp3) is 0. The number of aromatic nitrogens is 1. The number of nitrogens with one attached hydrogen (secondary N) is 1. The first-order valence-electron chi connectivity index (χ1n) is 6.06. The summed E-state index contributed by atoms with van der Waals surface area (Å²) in [5.74, 6) is -2.45. The van der Waals surface area contributed by atoms with Crippen LogP contribution in [0, 0.1) is 18.2 Å². The van der Waals surface area contributed by atoms with Crippen molar-refractivity contribution in [2.24, 2.45) is 0 Å². The summed E-state index contributed by atoms with van der Waals surface area (Å²) in [7, 11) is 0. The first-order chi connectivity index (χ1) is 10.8. The second kappa shape index (κ2) is 5.65. The number of H-pyrrole nitrogens is 1. The summed E-state index contributed by atoms with van der Waals surface area (Å²) in [5.41, 5.74) is 2.04. The third kappa shape index (κ3) is 2.63. The standard InChI is InChI=1S/C15H9FN2O5/c1-2-6-3-4-7(16)5-8(6)9-10(14(20)21)12(17)18-13(19)11(9)15(22)23/h1,3-5H,(H,20,21)(H,22,23)(H3,17,18,19). The Bertz CT molecular complexity index is 940. The maximum absolute atomic E-state index is 13.6. The number of halogens is 1. The van der Waals surface area contributed by atoms with Gasteiger partial charge in [-0.2, -0.15) is 0 Å². The number of pyridine rings is 1.